The zero-order valence-corrected chi connectivity index (χ0v) is 15.5. The Morgan fingerprint density at radius 3 is 2.40 bits per heavy atom. The van der Waals surface area contributed by atoms with E-state index in [1.807, 2.05) is 23.9 Å². The first kappa shape index (κ1) is 16.4. The minimum atomic E-state index is 0.346. The fourth-order valence-electron chi connectivity index (χ4n) is 3.00. The van der Waals surface area contributed by atoms with Crippen molar-refractivity contribution < 1.29 is 0 Å². The Labute approximate surface area is 157 Å². The van der Waals surface area contributed by atoms with Crippen LogP contribution in [0, 0.1) is 6.92 Å². The van der Waals surface area contributed by atoms with Crippen LogP contribution >= 0.6 is 23.4 Å². The van der Waals surface area contributed by atoms with Crippen molar-refractivity contribution in [3.8, 4) is 0 Å². The summed E-state index contributed by atoms with van der Waals surface area (Å²) in [5, 5.41) is 1.10. The number of para-hydroxylation sites is 1. The SMILES string of the molecule is Cc1ccc(C2CC(c3ccc(Cl)cc3)=Nc3ccccc3S2)cc1. The van der Waals surface area contributed by atoms with Crippen LogP contribution in [0.3, 0.4) is 0 Å². The number of aliphatic imine (C=N–C) groups is 1. The Kier molecular flexibility index (Phi) is 4.65. The van der Waals surface area contributed by atoms with Crippen molar-refractivity contribution in [1.82, 2.24) is 0 Å². The molecule has 0 aromatic heterocycles. The van der Waals surface area contributed by atoms with Crippen LogP contribution < -0.4 is 0 Å². The molecule has 3 heteroatoms. The van der Waals surface area contributed by atoms with E-state index < -0.39 is 0 Å². The van der Waals surface area contributed by atoms with Crippen molar-refractivity contribution in [2.45, 2.75) is 23.5 Å². The van der Waals surface area contributed by atoms with Crippen molar-refractivity contribution in [1.29, 1.82) is 0 Å². The van der Waals surface area contributed by atoms with Crippen LogP contribution in [-0.4, -0.2) is 5.71 Å². The van der Waals surface area contributed by atoms with Gasteiger partial charge in [0, 0.05) is 27.3 Å². The van der Waals surface area contributed by atoms with Gasteiger partial charge < -0.3 is 0 Å². The average Bonchev–Trinajstić information content (AvgIpc) is 2.82. The Balaban J connectivity index is 1.78. The van der Waals surface area contributed by atoms with Crippen LogP contribution in [0.15, 0.2) is 82.7 Å². The highest BCUT2D eigenvalue weighted by atomic mass is 35.5. The Bertz CT molecular complexity index is 914. The number of nitrogens with zero attached hydrogens (tertiary/aromatic N) is 1. The summed E-state index contributed by atoms with van der Waals surface area (Å²) >= 11 is 7.96. The summed E-state index contributed by atoms with van der Waals surface area (Å²) in [6, 6.07) is 25.2. The van der Waals surface area contributed by atoms with Gasteiger partial charge in [0.25, 0.3) is 0 Å². The summed E-state index contributed by atoms with van der Waals surface area (Å²) in [6.45, 7) is 2.12. The van der Waals surface area contributed by atoms with E-state index in [4.69, 9.17) is 16.6 Å². The third kappa shape index (κ3) is 3.65. The lowest BCUT2D eigenvalue weighted by Crippen LogP contribution is -2.05. The minimum Gasteiger partial charge on any atom is -0.252 e. The predicted molar refractivity (Wildman–Crippen MR) is 108 cm³/mol. The standard InChI is InChI=1S/C22H18ClNS/c1-15-6-8-17(9-7-15)22-14-20(16-10-12-18(23)13-11-16)24-19-4-2-3-5-21(19)25-22/h2-13,22H,14H2,1H3. The van der Waals surface area contributed by atoms with Gasteiger partial charge in [-0.1, -0.05) is 65.7 Å². The molecule has 3 aromatic carbocycles. The van der Waals surface area contributed by atoms with Crippen LogP contribution in [0.4, 0.5) is 5.69 Å². The Morgan fingerprint density at radius 2 is 1.64 bits per heavy atom. The summed E-state index contributed by atoms with van der Waals surface area (Å²) in [6.07, 6.45) is 0.893. The van der Waals surface area contributed by atoms with E-state index in [1.165, 1.54) is 16.0 Å². The van der Waals surface area contributed by atoms with Crippen LogP contribution in [0.5, 0.6) is 0 Å². The molecule has 4 rings (SSSR count). The zero-order valence-electron chi connectivity index (χ0n) is 13.9. The zero-order chi connectivity index (χ0) is 17.2. The number of benzene rings is 3. The van der Waals surface area contributed by atoms with Gasteiger partial charge in [0.2, 0.25) is 0 Å². The monoisotopic (exact) mass is 363 g/mol. The highest BCUT2D eigenvalue weighted by Gasteiger charge is 2.22. The molecule has 1 atom stereocenters. The number of thioether (sulfide) groups is 1. The van der Waals surface area contributed by atoms with E-state index in [2.05, 4.69) is 67.6 Å². The molecule has 0 bridgehead atoms. The number of halogens is 1. The van der Waals surface area contributed by atoms with E-state index in [1.54, 1.807) is 0 Å². The fourth-order valence-corrected chi connectivity index (χ4v) is 4.36. The van der Waals surface area contributed by atoms with Gasteiger partial charge in [-0.25, -0.2) is 0 Å². The lowest BCUT2D eigenvalue weighted by Gasteiger charge is -2.16. The first-order chi connectivity index (χ1) is 12.2. The second kappa shape index (κ2) is 7.07. The highest BCUT2D eigenvalue weighted by molar-refractivity contribution is 7.99. The number of fused-ring (bicyclic) bond motifs is 1. The maximum Gasteiger partial charge on any atom is 0.0769 e. The molecule has 0 aliphatic carbocycles. The van der Waals surface area contributed by atoms with Crippen molar-refractivity contribution in [2.75, 3.05) is 0 Å². The van der Waals surface area contributed by atoms with E-state index in [0.717, 1.165) is 28.4 Å². The number of rotatable bonds is 2. The fraction of sp³-hybridized carbons (Fsp3) is 0.136. The Hall–Kier alpha value is -2.03. The first-order valence-corrected chi connectivity index (χ1v) is 9.60. The molecule has 1 unspecified atom stereocenters. The molecule has 1 heterocycles. The lowest BCUT2D eigenvalue weighted by atomic mass is 10.0. The maximum absolute atomic E-state index is 6.06. The van der Waals surface area contributed by atoms with E-state index in [9.17, 15) is 0 Å². The molecule has 25 heavy (non-hydrogen) atoms. The van der Waals surface area contributed by atoms with Crippen LogP contribution in [-0.2, 0) is 0 Å². The van der Waals surface area contributed by atoms with Gasteiger partial charge in [0.15, 0.2) is 0 Å². The van der Waals surface area contributed by atoms with E-state index in [0.29, 0.717) is 5.25 Å². The van der Waals surface area contributed by atoms with Gasteiger partial charge in [-0.2, -0.15) is 0 Å². The van der Waals surface area contributed by atoms with Gasteiger partial charge in [0.05, 0.1) is 5.69 Å². The molecule has 1 aliphatic rings. The van der Waals surface area contributed by atoms with Crippen molar-refractivity contribution >= 4 is 34.8 Å². The van der Waals surface area contributed by atoms with Crippen LogP contribution in [0.1, 0.15) is 28.4 Å². The molecule has 0 radical (unpaired) electrons. The van der Waals surface area contributed by atoms with Crippen molar-refractivity contribution in [3.63, 3.8) is 0 Å². The Morgan fingerprint density at radius 1 is 0.920 bits per heavy atom. The van der Waals surface area contributed by atoms with Gasteiger partial charge in [-0.15, -0.1) is 11.8 Å². The second-order valence-electron chi connectivity index (χ2n) is 6.25. The lowest BCUT2D eigenvalue weighted by molar-refractivity contribution is 1.01. The summed E-state index contributed by atoms with van der Waals surface area (Å²) < 4.78 is 0. The highest BCUT2D eigenvalue weighted by Crippen LogP contribution is 2.45. The molecular formula is C22H18ClNS. The smallest absolute Gasteiger partial charge is 0.0769 e. The molecule has 0 saturated heterocycles. The van der Waals surface area contributed by atoms with Crippen molar-refractivity contribution in [3.05, 3.63) is 94.5 Å². The van der Waals surface area contributed by atoms with E-state index >= 15 is 0 Å². The third-order valence-corrected chi connectivity index (χ3v) is 5.97. The summed E-state index contributed by atoms with van der Waals surface area (Å²) in [5.41, 5.74) is 5.92. The molecular weight excluding hydrogens is 346 g/mol. The molecule has 124 valence electrons. The first-order valence-electron chi connectivity index (χ1n) is 8.35. The molecule has 0 fully saturated rings. The van der Waals surface area contributed by atoms with E-state index in [-0.39, 0.29) is 0 Å². The van der Waals surface area contributed by atoms with Gasteiger partial charge in [-0.05, 0) is 42.3 Å². The van der Waals surface area contributed by atoms with Gasteiger partial charge >= 0.3 is 0 Å². The second-order valence-corrected chi connectivity index (χ2v) is 7.94. The van der Waals surface area contributed by atoms with Gasteiger partial charge in [0.1, 0.15) is 0 Å². The summed E-state index contributed by atoms with van der Waals surface area (Å²) in [4.78, 5) is 6.22. The molecule has 0 saturated carbocycles. The predicted octanol–water partition coefficient (Wildman–Crippen LogP) is 7.01. The maximum atomic E-state index is 6.06. The number of hydrogen-bond acceptors (Lipinski definition) is 2. The summed E-state index contributed by atoms with van der Waals surface area (Å²) in [7, 11) is 0. The number of aryl methyl sites for hydroxylation is 1. The summed E-state index contributed by atoms with van der Waals surface area (Å²) in [5.74, 6) is 0. The largest absolute Gasteiger partial charge is 0.252 e. The quantitative estimate of drug-likeness (QED) is 0.477. The molecule has 1 aliphatic heterocycles. The number of hydrogen-bond donors (Lipinski definition) is 0. The molecule has 1 nitrogen and oxygen atoms in total. The molecule has 0 N–H and O–H groups in total. The average molecular weight is 364 g/mol. The molecule has 0 amide bonds. The topological polar surface area (TPSA) is 12.4 Å². The third-order valence-electron chi connectivity index (χ3n) is 4.40. The van der Waals surface area contributed by atoms with Crippen LogP contribution in [0.25, 0.3) is 0 Å². The molecule has 0 spiro atoms. The minimum absolute atomic E-state index is 0.346. The van der Waals surface area contributed by atoms with Gasteiger partial charge in [-0.3, -0.25) is 4.99 Å². The van der Waals surface area contributed by atoms with Crippen LogP contribution in [0.2, 0.25) is 5.02 Å². The molecule has 3 aromatic rings. The van der Waals surface area contributed by atoms with Crippen molar-refractivity contribution in [2.24, 2.45) is 4.99 Å². The normalized spacial score (nSPS) is 16.7.